The summed E-state index contributed by atoms with van der Waals surface area (Å²) in [5, 5.41) is 12.1. The summed E-state index contributed by atoms with van der Waals surface area (Å²) in [5.41, 5.74) is -1.16. The molecule has 1 atom stereocenters. The highest BCUT2D eigenvalue weighted by Crippen LogP contribution is 2.20. The number of carboxylic acid groups (broad SMARTS) is 1. The average Bonchev–Trinajstić information content (AvgIpc) is 2.45. The molecule has 2 N–H and O–H groups in total. The SMILES string of the molecule is CCC(CC)(NC(=O)N1CCCC(COC)C1)C(=O)O. The van der Waals surface area contributed by atoms with Crippen LogP contribution in [0.3, 0.4) is 0 Å². The van der Waals surface area contributed by atoms with E-state index in [2.05, 4.69) is 5.32 Å². The standard InChI is InChI=1S/C14H26N2O4/c1-4-14(5-2,12(17)18)15-13(19)16-8-6-7-11(9-16)10-20-3/h11H,4-10H2,1-3H3,(H,15,19)(H,17,18). The number of aliphatic carboxylic acids is 1. The van der Waals surface area contributed by atoms with Crippen LogP contribution in [0, 0.1) is 5.92 Å². The van der Waals surface area contributed by atoms with Gasteiger partial charge in [-0.05, 0) is 25.7 Å². The molecule has 1 aliphatic rings. The number of likely N-dealkylation sites (tertiary alicyclic amines) is 1. The summed E-state index contributed by atoms with van der Waals surface area (Å²) >= 11 is 0. The number of urea groups is 1. The molecule has 0 aromatic carbocycles. The van der Waals surface area contributed by atoms with Crippen molar-refractivity contribution < 1.29 is 19.4 Å². The molecule has 1 rings (SSSR count). The van der Waals surface area contributed by atoms with Gasteiger partial charge in [0.05, 0.1) is 6.61 Å². The zero-order chi connectivity index (χ0) is 15.2. The van der Waals surface area contributed by atoms with E-state index in [1.54, 1.807) is 25.9 Å². The van der Waals surface area contributed by atoms with Crippen LogP contribution in [0.5, 0.6) is 0 Å². The molecule has 0 aromatic rings. The van der Waals surface area contributed by atoms with E-state index in [-0.39, 0.29) is 6.03 Å². The number of ether oxygens (including phenoxy) is 1. The molecule has 0 aliphatic carbocycles. The maximum atomic E-state index is 12.3. The van der Waals surface area contributed by atoms with E-state index < -0.39 is 11.5 Å². The molecule has 1 heterocycles. The molecule has 2 amide bonds. The lowest BCUT2D eigenvalue weighted by atomic mass is 9.93. The Bertz CT molecular complexity index is 340. The lowest BCUT2D eigenvalue weighted by molar-refractivity contribution is -0.144. The molecule has 1 fully saturated rings. The van der Waals surface area contributed by atoms with Gasteiger partial charge in [0.1, 0.15) is 5.54 Å². The molecule has 20 heavy (non-hydrogen) atoms. The van der Waals surface area contributed by atoms with Crippen molar-refractivity contribution in [2.24, 2.45) is 5.92 Å². The fraction of sp³-hybridized carbons (Fsp3) is 0.857. The van der Waals surface area contributed by atoms with Crippen molar-refractivity contribution in [1.82, 2.24) is 10.2 Å². The van der Waals surface area contributed by atoms with E-state index in [1.807, 2.05) is 0 Å². The Hall–Kier alpha value is -1.30. The number of carbonyl (C=O) groups excluding carboxylic acids is 1. The van der Waals surface area contributed by atoms with Gasteiger partial charge in [0.2, 0.25) is 0 Å². The predicted octanol–water partition coefficient (Wildman–Crippen LogP) is 1.70. The Morgan fingerprint density at radius 3 is 2.55 bits per heavy atom. The van der Waals surface area contributed by atoms with E-state index in [0.717, 1.165) is 12.8 Å². The van der Waals surface area contributed by atoms with Crippen LogP contribution in [0.2, 0.25) is 0 Å². The van der Waals surface area contributed by atoms with Crippen LogP contribution in [0.15, 0.2) is 0 Å². The lowest BCUT2D eigenvalue weighted by Crippen LogP contribution is -2.58. The predicted molar refractivity (Wildman–Crippen MR) is 75.7 cm³/mol. The Morgan fingerprint density at radius 2 is 2.05 bits per heavy atom. The number of amides is 2. The number of nitrogens with one attached hydrogen (secondary N) is 1. The first-order chi connectivity index (χ1) is 9.49. The smallest absolute Gasteiger partial charge is 0.329 e. The van der Waals surface area contributed by atoms with Crippen LogP contribution in [0.4, 0.5) is 4.79 Å². The molecular formula is C14H26N2O4. The van der Waals surface area contributed by atoms with Gasteiger partial charge in [-0.25, -0.2) is 9.59 Å². The van der Waals surface area contributed by atoms with E-state index in [1.165, 1.54) is 0 Å². The molecule has 0 spiro atoms. The van der Waals surface area contributed by atoms with E-state index >= 15 is 0 Å². The summed E-state index contributed by atoms with van der Waals surface area (Å²) < 4.78 is 5.14. The number of rotatable bonds is 6. The zero-order valence-electron chi connectivity index (χ0n) is 12.6. The average molecular weight is 286 g/mol. The third-order valence-electron chi connectivity index (χ3n) is 4.17. The number of methoxy groups -OCH3 is 1. The second kappa shape index (κ2) is 7.47. The number of nitrogens with zero attached hydrogens (tertiary/aromatic N) is 1. The minimum atomic E-state index is -1.16. The van der Waals surface area contributed by atoms with Crippen LogP contribution >= 0.6 is 0 Å². The quantitative estimate of drug-likeness (QED) is 0.779. The molecule has 1 aliphatic heterocycles. The summed E-state index contributed by atoms with van der Waals surface area (Å²) in [7, 11) is 1.66. The number of carbonyl (C=O) groups is 2. The maximum Gasteiger partial charge on any atom is 0.329 e. The summed E-state index contributed by atoms with van der Waals surface area (Å²) in [5.74, 6) is -0.636. The number of hydrogen-bond acceptors (Lipinski definition) is 3. The van der Waals surface area contributed by atoms with Gasteiger partial charge < -0.3 is 20.1 Å². The van der Waals surface area contributed by atoms with E-state index in [4.69, 9.17) is 4.74 Å². The topological polar surface area (TPSA) is 78.9 Å². The second-order valence-corrected chi connectivity index (χ2v) is 5.43. The number of piperidine rings is 1. The molecule has 0 bridgehead atoms. The molecular weight excluding hydrogens is 260 g/mol. The van der Waals surface area contributed by atoms with Gasteiger partial charge in [0, 0.05) is 26.1 Å². The molecule has 0 aromatic heterocycles. The van der Waals surface area contributed by atoms with Crippen molar-refractivity contribution >= 4 is 12.0 Å². The van der Waals surface area contributed by atoms with Gasteiger partial charge in [-0.1, -0.05) is 13.8 Å². The normalized spacial score (nSPS) is 19.8. The minimum Gasteiger partial charge on any atom is -0.480 e. The summed E-state index contributed by atoms with van der Waals surface area (Å²) in [6.07, 6.45) is 2.73. The fourth-order valence-corrected chi connectivity index (χ4v) is 2.69. The lowest BCUT2D eigenvalue weighted by Gasteiger charge is -2.36. The van der Waals surface area contributed by atoms with Gasteiger partial charge in [-0.2, -0.15) is 0 Å². The Morgan fingerprint density at radius 1 is 1.40 bits per heavy atom. The molecule has 0 saturated carbocycles. The van der Waals surface area contributed by atoms with E-state index in [9.17, 15) is 14.7 Å². The van der Waals surface area contributed by atoms with Crippen molar-refractivity contribution in [1.29, 1.82) is 0 Å². The first kappa shape index (κ1) is 16.8. The Labute approximate surface area is 120 Å². The van der Waals surface area contributed by atoms with Crippen LogP contribution in [0.1, 0.15) is 39.5 Å². The van der Waals surface area contributed by atoms with Crippen LogP contribution in [-0.4, -0.2) is 54.4 Å². The highest BCUT2D eigenvalue weighted by atomic mass is 16.5. The van der Waals surface area contributed by atoms with Crippen molar-refractivity contribution in [3.05, 3.63) is 0 Å². The van der Waals surface area contributed by atoms with Crippen molar-refractivity contribution in [3.63, 3.8) is 0 Å². The molecule has 1 saturated heterocycles. The van der Waals surface area contributed by atoms with Crippen molar-refractivity contribution in [2.75, 3.05) is 26.8 Å². The van der Waals surface area contributed by atoms with Gasteiger partial charge in [-0.15, -0.1) is 0 Å². The number of carboxylic acids is 1. The van der Waals surface area contributed by atoms with Crippen molar-refractivity contribution in [3.8, 4) is 0 Å². The monoisotopic (exact) mass is 286 g/mol. The zero-order valence-corrected chi connectivity index (χ0v) is 12.6. The second-order valence-electron chi connectivity index (χ2n) is 5.43. The highest BCUT2D eigenvalue weighted by molar-refractivity contribution is 5.86. The molecule has 116 valence electrons. The Balaban J connectivity index is 2.67. The van der Waals surface area contributed by atoms with Gasteiger partial charge in [0.25, 0.3) is 0 Å². The first-order valence-corrected chi connectivity index (χ1v) is 7.28. The summed E-state index contributed by atoms with van der Waals surface area (Å²) in [4.78, 5) is 25.4. The molecule has 6 nitrogen and oxygen atoms in total. The third kappa shape index (κ3) is 3.85. The van der Waals surface area contributed by atoms with Crippen molar-refractivity contribution in [2.45, 2.75) is 45.1 Å². The molecule has 0 radical (unpaired) electrons. The largest absolute Gasteiger partial charge is 0.480 e. The first-order valence-electron chi connectivity index (χ1n) is 7.28. The Kier molecular flexibility index (Phi) is 6.26. The van der Waals surface area contributed by atoms with Gasteiger partial charge in [-0.3, -0.25) is 0 Å². The molecule has 6 heteroatoms. The summed E-state index contributed by atoms with van der Waals surface area (Å²) in [6, 6.07) is -0.281. The number of hydrogen-bond donors (Lipinski definition) is 2. The van der Waals surface area contributed by atoms with E-state index in [0.29, 0.717) is 38.5 Å². The maximum absolute atomic E-state index is 12.3. The minimum absolute atomic E-state index is 0.281. The third-order valence-corrected chi connectivity index (χ3v) is 4.17. The fourth-order valence-electron chi connectivity index (χ4n) is 2.69. The van der Waals surface area contributed by atoms with Crippen LogP contribution in [-0.2, 0) is 9.53 Å². The summed E-state index contributed by atoms with van der Waals surface area (Å²) in [6.45, 7) is 5.50. The molecule has 1 unspecified atom stereocenters. The van der Waals surface area contributed by atoms with Crippen LogP contribution < -0.4 is 5.32 Å². The van der Waals surface area contributed by atoms with Crippen LogP contribution in [0.25, 0.3) is 0 Å². The highest BCUT2D eigenvalue weighted by Gasteiger charge is 2.38. The van der Waals surface area contributed by atoms with Gasteiger partial charge >= 0.3 is 12.0 Å². The van der Waals surface area contributed by atoms with Gasteiger partial charge in [0.15, 0.2) is 0 Å².